The number of benzene rings is 1. The minimum absolute atomic E-state index is 0.433. The van der Waals surface area contributed by atoms with Crippen LogP contribution in [-0.4, -0.2) is 31.0 Å². The molecule has 0 atom stereocenters. The molecule has 1 aromatic heterocycles. The van der Waals surface area contributed by atoms with Gasteiger partial charge in [-0.3, -0.25) is 0 Å². The van der Waals surface area contributed by atoms with Crippen LogP contribution in [0.4, 0.5) is 11.6 Å². The van der Waals surface area contributed by atoms with E-state index in [2.05, 4.69) is 21.2 Å². The Morgan fingerprint density at radius 1 is 1.05 bits per heavy atom. The van der Waals surface area contributed by atoms with Gasteiger partial charge in [-0.25, -0.2) is 0 Å². The number of nitrogen functional groups attached to an aromatic ring is 1. The van der Waals surface area contributed by atoms with E-state index in [0.29, 0.717) is 5.82 Å². The first-order valence-electron chi connectivity index (χ1n) is 6.79. The summed E-state index contributed by atoms with van der Waals surface area (Å²) in [5.74, 6) is 2.80. The van der Waals surface area contributed by atoms with Gasteiger partial charge in [0.05, 0.1) is 14.2 Å². The standard InChI is InChI=1S/C15H18N4O2/c1-20-12-7-10-5-6-19(9-11(10)8-13(12)21-2)15-4-3-14(16)17-18-15/h3-4,7-8H,5-6,9H2,1-2H3,(H2,16,17). The Labute approximate surface area is 123 Å². The average molecular weight is 286 g/mol. The van der Waals surface area contributed by atoms with Crippen molar-refractivity contribution in [2.75, 3.05) is 31.4 Å². The Hall–Kier alpha value is -2.50. The molecule has 1 aliphatic rings. The molecule has 0 fully saturated rings. The Kier molecular flexibility index (Phi) is 3.51. The van der Waals surface area contributed by atoms with Gasteiger partial charge in [0.25, 0.3) is 0 Å². The van der Waals surface area contributed by atoms with E-state index in [-0.39, 0.29) is 0 Å². The number of anilines is 2. The zero-order chi connectivity index (χ0) is 14.8. The highest BCUT2D eigenvalue weighted by atomic mass is 16.5. The van der Waals surface area contributed by atoms with Crippen LogP contribution in [0.15, 0.2) is 24.3 Å². The van der Waals surface area contributed by atoms with Gasteiger partial charge in [-0.15, -0.1) is 10.2 Å². The molecule has 21 heavy (non-hydrogen) atoms. The third-order valence-electron chi connectivity index (χ3n) is 3.71. The molecular formula is C15H18N4O2. The summed E-state index contributed by atoms with van der Waals surface area (Å²) >= 11 is 0. The van der Waals surface area contributed by atoms with Gasteiger partial charge in [0.15, 0.2) is 17.3 Å². The molecule has 0 radical (unpaired) electrons. The molecule has 0 saturated heterocycles. The fourth-order valence-electron chi connectivity index (χ4n) is 2.58. The van der Waals surface area contributed by atoms with Gasteiger partial charge >= 0.3 is 0 Å². The number of aromatic nitrogens is 2. The predicted molar refractivity (Wildman–Crippen MR) is 80.7 cm³/mol. The molecule has 1 aromatic carbocycles. The van der Waals surface area contributed by atoms with Gasteiger partial charge in [-0.05, 0) is 41.8 Å². The Bertz CT molecular complexity index is 643. The molecule has 2 aromatic rings. The summed E-state index contributed by atoms with van der Waals surface area (Å²) < 4.78 is 10.7. The van der Waals surface area contributed by atoms with Gasteiger partial charge in [0.1, 0.15) is 5.82 Å². The van der Waals surface area contributed by atoms with Crippen molar-refractivity contribution in [3.8, 4) is 11.5 Å². The fourth-order valence-corrected chi connectivity index (χ4v) is 2.58. The normalized spacial score (nSPS) is 13.7. The van der Waals surface area contributed by atoms with E-state index < -0.39 is 0 Å². The number of hydrogen-bond acceptors (Lipinski definition) is 6. The number of nitrogens with zero attached hydrogens (tertiary/aromatic N) is 3. The van der Waals surface area contributed by atoms with Gasteiger partial charge in [0.2, 0.25) is 0 Å². The first-order chi connectivity index (χ1) is 10.2. The average Bonchev–Trinajstić information content (AvgIpc) is 2.53. The van der Waals surface area contributed by atoms with Crippen LogP contribution in [0.25, 0.3) is 0 Å². The summed E-state index contributed by atoms with van der Waals surface area (Å²) in [7, 11) is 3.31. The first-order valence-corrected chi connectivity index (χ1v) is 6.79. The zero-order valence-electron chi connectivity index (χ0n) is 12.2. The molecule has 0 saturated carbocycles. The lowest BCUT2D eigenvalue weighted by atomic mass is 9.99. The van der Waals surface area contributed by atoms with E-state index in [1.807, 2.05) is 12.1 Å². The lowest BCUT2D eigenvalue weighted by Gasteiger charge is -2.30. The highest BCUT2D eigenvalue weighted by Crippen LogP contribution is 2.34. The quantitative estimate of drug-likeness (QED) is 0.924. The van der Waals surface area contributed by atoms with Crippen LogP contribution < -0.4 is 20.1 Å². The highest BCUT2D eigenvalue weighted by molar-refractivity contribution is 5.52. The Morgan fingerprint density at radius 3 is 2.38 bits per heavy atom. The van der Waals surface area contributed by atoms with Crippen LogP contribution in [0.3, 0.4) is 0 Å². The lowest BCUT2D eigenvalue weighted by Crippen LogP contribution is -2.31. The van der Waals surface area contributed by atoms with Gasteiger partial charge < -0.3 is 20.1 Å². The maximum Gasteiger partial charge on any atom is 0.161 e. The van der Waals surface area contributed by atoms with Crippen molar-refractivity contribution in [3.05, 3.63) is 35.4 Å². The Morgan fingerprint density at radius 2 is 1.76 bits per heavy atom. The van der Waals surface area contributed by atoms with Crippen molar-refractivity contribution in [3.63, 3.8) is 0 Å². The van der Waals surface area contributed by atoms with Crippen LogP contribution in [0.1, 0.15) is 11.1 Å². The van der Waals surface area contributed by atoms with Crippen LogP contribution in [0.5, 0.6) is 11.5 Å². The maximum atomic E-state index is 5.58. The second-order valence-electron chi connectivity index (χ2n) is 4.96. The van der Waals surface area contributed by atoms with Gasteiger partial charge in [-0.1, -0.05) is 0 Å². The molecule has 0 spiro atoms. The highest BCUT2D eigenvalue weighted by Gasteiger charge is 2.20. The molecule has 2 heterocycles. The molecule has 0 aliphatic carbocycles. The number of fused-ring (bicyclic) bond motifs is 1. The largest absolute Gasteiger partial charge is 0.493 e. The number of hydrogen-bond donors (Lipinski definition) is 1. The number of rotatable bonds is 3. The van der Waals surface area contributed by atoms with E-state index >= 15 is 0 Å². The number of ether oxygens (including phenoxy) is 2. The number of methoxy groups -OCH3 is 2. The van der Waals surface area contributed by atoms with Crippen molar-refractivity contribution >= 4 is 11.6 Å². The molecule has 110 valence electrons. The van der Waals surface area contributed by atoms with E-state index in [0.717, 1.165) is 36.8 Å². The van der Waals surface area contributed by atoms with Crippen LogP contribution in [0.2, 0.25) is 0 Å². The van der Waals surface area contributed by atoms with Crippen molar-refractivity contribution in [2.24, 2.45) is 0 Å². The van der Waals surface area contributed by atoms with Crippen molar-refractivity contribution in [1.29, 1.82) is 0 Å². The second kappa shape index (κ2) is 5.47. The van der Waals surface area contributed by atoms with Crippen molar-refractivity contribution < 1.29 is 9.47 Å². The van der Waals surface area contributed by atoms with Crippen molar-refractivity contribution in [1.82, 2.24) is 10.2 Å². The number of nitrogens with two attached hydrogens (primary N) is 1. The monoisotopic (exact) mass is 286 g/mol. The third-order valence-corrected chi connectivity index (χ3v) is 3.71. The summed E-state index contributed by atoms with van der Waals surface area (Å²) in [5.41, 5.74) is 8.08. The van der Waals surface area contributed by atoms with Crippen molar-refractivity contribution in [2.45, 2.75) is 13.0 Å². The maximum absolute atomic E-state index is 5.58. The van der Waals surface area contributed by atoms with Gasteiger partial charge in [-0.2, -0.15) is 0 Å². The summed E-state index contributed by atoms with van der Waals surface area (Å²) in [6, 6.07) is 7.76. The molecule has 0 unspecified atom stereocenters. The molecular weight excluding hydrogens is 268 g/mol. The fraction of sp³-hybridized carbons (Fsp3) is 0.333. The minimum Gasteiger partial charge on any atom is -0.493 e. The molecule has 0 bridgehead atoms. The smallest absolute Gasteiger partial charge is 0.161 e. The third kappa shape index (κ3) is 2.56. The van der Waals surface area contributed by atoms with E-state index in [4.69, 9.17) is 15.2 Å². The topological polar surface area (TPSA) is 73.5 Å². The molecule has 2 N–H and O–H groups in total. The second-order valence-corrected chi connectivity index (χ2v) is 4.96. The zero-order valence-corrected chi connectivity index (χ0v) is 12.2. The van der Waals surface area contributed by atoms with Crippen LogP contribution >= 0.6 is 0 Å². The summed E-state index contributed by atoms with van der Waals surface area (Å²) in [6.45, 7) is 1.66. The Balaban J connectivity index is 1.89. The molecule has 3 rings (SSSR count). The van der Waals surface area contributed by atoms with E-state index in [1.54, 1.807) is 20.3 Å². The van der Waals surface area contributed by atoms with Crippen LogP contribution in [-0.2, 0) is 13.0 Å². The molecule has 0 amide bonds. The predicted octanol–water partition coefficient (Wildman–Crippen LogP) is 1.64. The molecule has 6 heteroatoms. The SMILES string of the molecule is COc1cc2c(cc1OC)CN(c1ccc(N)nn1)CC2. The minimum atomic E-state index is 0.433. The van der Waals surface area contributed by atoms with E-state index in [9.17, 15) is 0 Å². The summed E-state index contributed by atoms with van der Waals surface area (Å²) in [4.78, 5) is 2.18. The van der Waals surface area contributed by atoms with E-state index in [1.165, 1.54) is 11.1 Å². The summed E-state index contributed by atoms with van der Waals surface area (Å²) in [5, 5.41) is 8.06. The summed E-state index contributed by atoms with van der Waals surface area (Å²) in [6.07, 6.45) is 0.932. The molecule has 6 nitrogen and oxygen atoms in total. The lowest BCUT2D eigenvalue weighted by molar-refractivity contribution is 0.353. The van der Waals surface area contributed by atoms with Gasteiger partial charge in [0, 0.05) is 13.1 Å². The molecule has 1 aliphatic heterocycles. The van der Waals surface area contributed by atoms with Crippen LogP contribution in [0, 0.1) is 0 Å². The first kappa shape index (κ1) is 13.5.